The van der Waals surface area contributed by atoms with Gasteiger partial charge in [0.2, 0.25) is 0 Å². The number of benzene rings is 4. The van der Waals surface area contributed by atoms with Crippen LogP contribution in [0.25, 0.3) is 11.1 Å². The summed E-state index contributed by atoms with van der Waals surface area (Å²) in [7, 11) is 0. The maximum absolute atomic E-state index is 12.1. The lowest BCUT2D eigenvalue weighted by Crippen LogP contribution is -2.08. The van der Waals surface area contributed by atoms with E-state index in [0.29, 0.717) is 17.4 Å². The van der Waals surface area contributed by atoms with E-state index in [1.165, 1.54) is 11.1 Å². The van der Waals surface area contributed by atoms with Gasteiger partial charge in [-0.1, -0.05) is 107 Å². The maximum Gasteiger partial charge on any atom is 0.339 e. The zero-order chi connectivity index (χ0) is 25.1. The highest BCUT2D eigenvalue weighted by Gasteiger charge is 2.25. The average Bonchev–Trinajstić information content (AvgIpc) is 2.86. The number of aromatic carboxylic acids is 1. The Kier molecular flexibility index (Phi) is 7.07. The lowest BCUT2D eigenvalue weighted by molar-refractivity contribution is 0.0693. The molecule has 4 aromatic carbocycles. The molecule has 4 aromatic rings. The van der Waals surface area contributed by atoms with E-state index in [-0.39, 0.29) is 17.2 Å². The van der Waals surface area contributed by atoms with Crippen LogP contribution in [0.4, 0.5) is 0 Å². The van der Waals surface area contributed by atoms with Crippen molar-refractivity contribution < 1.29 is 15.0 Å². The minimum atomic E-state index is -1.15. The van der Waals surface area contributed by atoms with Gasteiger partial charge >= 0.3 is 5.97 Å². The highest BCUT2D eigenvalue weighted by molar-refractivity contribution is 5.93. The largest absolute Gasteiger partial charge is 0.507 e. The van der Waals surface area contributed by atoms with Crippen molar-refractivity contribution in [2.45, 2.75) is 45.4 Å². The van der Waals surface area contributed by atoms with Crippen molar-refractivity contribution in [3.05, 3.63) is 124 Å². The Morgan fingerprint density at radius 2 is 1.09 bits per heavy atom. The quantitative estimate of drug-likeness (QED) is 0.271. The monoisotopic (exact) mass is 464 g/mol. The van der Waals surface area contributed by atoms with Gasteiger partial charge in [0.05, 0.1) is 0 Å². The molecule has 0 aliphatic rings. The van der Waals surface area contributed by atoms with Gasteiger partial charge in [0.15, 0.2) is 0 Å². The van der Waals surface area contributed by atoms with Gasteiger partial charge in [-0.25, -0.2) is 4.79 Å². The lowest BCUT2D eigenvalue weighted by Gasteiger charge is -2.23. The van der Waals surface area contributed by atoms with Gasteiger partial charge in [-0.15, -0.1) is 0 Å². The van der Waals surface area contributed by atoms with Crippen LogP contribution in [0.2, 0.25) is 0 Å². The molecule has 0 saturated heterocycles. The van der Waals surface area contributed by atoms with Crippen LogP contribution in [0, 0.1) is 0 Å². The van der Waals surface area contributed by atoms with Crippen LogP contribution in [0.15, 0.2) is 91.0 Å². The first kappa shape index (κ1) is 24.3. The first-order valence-corrected chi connectivity index (χ1v) is 12.1. The molecule has 0 amide bonds. The number of hydrogen-bond acceptors (Lipinski definition) is 2. The summed E-state index contributed by atoms with van der Waals surface area (Å²) in [6.45, 7) is 8.63. The molecule has 0 unspecified atom stereocenters. The molecule has 0 fully saturated rings. The van der Waals surface area contributed by atoms with Gasteiger partial charge in [-0.3, -0.25) is 0 Å². The minimum Gasteiger partial charge on any atom is -0.507 e. The molecule has 3 nitrogen and oxygen atoms in total. The Hall–Kier alpha value is -3.85. The topological polar surface area (TPSA) is 57.5 Å². The van der Waals surface area contributed by atoms with Crippen molar-refractivity contribution in [3.63, 3.8) is 0 Å². The summed E-state index contributed by atoms with van der Waals surface area (Å²) in [4.78, 5) is 12.1. The number of carboxylic acids is 1. The van der Waals surface area contributed by atoms with Gasteiger partial charge in [0.25, 0.3) is 0 Å². The van der Waals surface area contributed by atoms with Gasteiger partial charge in [0.1, 0.15) is 11.3 Å². The van der Waals surface area contributed by atoms with Crippen LogP contribution in [0.5, 0.6) is 5.75 Å². The molecule has 2 N–H and O–H groups in total. The highest BCUT2D eigenvalue weighted by Crippen LogP contribution is 2.41. The minimum absolute atomic E-state index is 0.0936. The van der Waals surface area contributed by atoms with E-state index in [1.54, 1.807) is 6.07 Å². The molecular formula is C32H32O3. The fourth-order valence-electron chi connectivity index (χ4n) is 4.54. The number of carboxylic acid groups (broad SMARTS) is 1. The molecule has 0 saturated carbocycles. The lowest BCUT2D eigenvalue weighted by atomic mass is 9.81. The van der Waals surface area contributed by atoms with Crippen LogP contribution in [-0.2, 0) is 0 Å². The summed E-state index contributed by atoms with van der Waals surface area (Å²) in [6, 6.07) is 30.0. The molecular weight excluding hydrogens is 432 g/mol. The summed E-state index contributed by atoms with van der Waals surface area (Å²) in [5.41, 5.74) is 6.63. The zero-order valence-electron chi connectivity index (χ0n) is 20.7. The van der Waals surface area contributed by atoms with Crippen LogP contribution >= 0.6 is 0 Å². The Labute approximate surface area is 207 Å². The van der Waals surface area contributed by atoms with Crippen molar-refractivity contribution in [2.24, 2.45) is 0 Å². The van der Waals surface area contributed by atoms with E-state index < -0.39 is 5.97 Å². The fraction of sp³-hybridized carbons (Fsp3) is 0.219. The smallest absolute Gasteiger partial charge is 0.339 e. The maximum atomic E-state index is 12.1. The fourth-order valence-corrected chi connectivity index (χ4v) is 4.54. The predicted octanol–water partition coefficient (Wildman–Crippen LogP) is 8.18. The SMILES string of the molecule is CC(C)c1ccc(C(c2ccc(C(C)C)cc2)c2cc(-c3ccccc3)cc(C(=O)O)c2O)cc1. The molecule has 178 valence electrons. The van der Waals surface area contributed by atoms with Crippen LogP contribution in [0.1, 0.15) is 83.6 Å². The number of carbonyl (C=O) groups is 1. The number of rotatable bonds is 7. The second kappa shape index (κ2) is 10.2. The summed E-state index contributed by atoms with van der Waals surface area (Å²) in [5.74, 6) is -0.852. The highest BCUT2D eigenvalue weighted by atomic mass is 16.4. The van der Waals surface area contributed by atoms with E-state index in [2.05, 4.69) is 76.2 Å². The van der Waals surface area contributed by atoms with E-state index in [4.69, 9.17) is 0 Å². The summed E-state index contributed by atoms with van der Waals surface area (Å²) >= 11 is 0. The van der Waals surface area contributed by atoms with Crippen LogP contribution in [0.3, 0.4) is 0 Å². The first-order valence-electron chi connectivity index (χ1n) is 12.1. The van der Waals surface area contributed by atoms with Gasteiger partial charge in [-0.05, 0) is 57.3 Å². The van der Waals surface area contributed by atoms with E-state index in [1.807, 2.05) is 36.4 Å². The molecule has 0 aromatic heterocycles. The summed E-state index contributed by atoms with van der Waals surface area (Å²) in [6.07, 6.45) is 0. The van der Waals surface area contributed by atoms with Crippen molar-refractivity contribution in [1.82, 2.24) is 0 Å². The Bertz CT molecular complexity index is 1250. The number of aromatic hydroxyl groups is 1. The zero-order valence-corrected chi connectivity index (χ0v) is 20.7. The molecule has 35 heavy (non-hydrogen) atoms. The molecule has 0 atom stereocenters. The first-order chi connectivity index (χ1) is 16.8. The third kappa shape index (κ3) is 5.14. The van der Waals surface area contributed by atoms with Crippen LogP contribution < -0.4 is 0 Å². The Morgan fingerprint density at radius 1 is 0.629 bits per heavy atom. The Morgan fingerprint density at radius 3 is 1.51 bits per heavy atom. The third-order valence-corrected chi connectivity index (χ3v) is 6.66. The standard InChI is InChI=1S/C32H32O3/c1-20(2)22-10-14-25(15-11-22)30(26-16-12-23(13-17-26)21(3)4)28-18-27(24-8-6-5-7-9-24)19-29(31(28)33)32(34)35/h5-21,30,33H,1-4H3,(H,34,35). The van der Waals surface area contributed by atoms with Gasteiger partial charge < -0.3 is 10.2 Å². The molecule has 3 heteroatoms. The van der Waals surface area contributed by atoms with Crippen molar-refractivity contribution in [3.8, 4) is 16.9 Å². The molecule has 0 bridgehead atoms. The normalized spacial score (nSPS) is 11.4. The molecule has 0 radical (unpaired) electrons. The Balaban J connectivity index is 1.96. The van der Waals surface area contributed by atoms with Gasteiger partial charge in [-0.2, -0.15) is 0 Å². The molecule has 0 heterocycles. The average molecular weight is 465 g/mol. The van der Waals surface area contributed by atoms with Crippen molar-refractivity contribution in [1.29, 1.82) is 0 Å². The molecule has 0 aliphatic carbocycles. The second-order valence-corrected chi connectivity index (χ2v) is 9.71. The molecule has 0 spiro atoms. The van der Waals surface area contributed by atoms with Crippen LogP contribution in [-0.4, -0.2) is 16.2 Å². The third-order valence-electron chi connectivity index (χ3n) is 6.66. The molecule has 0 aliphatic heterocycles. The van der Waals surface area contributed by atoms with E-state index in [9.17, 15) is 15.0 Å². The van der Waals surface area contributed by atoms with Crippen molar-refractivity contribution in [2.75, 3.05) is 0 Å². The van der Waals surface area contributed by atoms with Gasteiger partial charge in [0, 0.05) is 11.5 Å². The summed E-state index contributed by atoms with van der Waals surface area (Å²) < 4.78 is 0. The van der Waals surface area contributed by atoms with E-state index in [0.717, 1.165) is 22.3 Å². The predicted molar refractivity (Wildman–Crippen MR) is 143 cm³/mol. The number of phenols is 1. The number of hydrogen-bond donors (Lipinski definition) is 2. The summed E-state index contributed by atoms with van der Waals surface area (Å²) in [5, 5.41) is 21.1. The molecule has 4 rings (SSSR count). The van der Waals surface area contributed by atoms with E-state index >= 15 is 0 Å². The van der Waals surface area contributed by atoms with Crippen molar-refractivity contribution >= 4 is 5.97 Å². The second-order valence-electron chi connectivity index (χ2n) is 9.71.